The molecule has 0 spiro atoms. The van der Waals surface area contributed by atoms with Crippen LogP contribution in [0.3, 0.4) is 0 Å². The molecule has 2 atom stereocenters. The van der Waals surface area contributed by atoms with E-state index < -0.39 is 0 Å². The summed E-state index contributed by atoms with van der Waals surface area (Å²) in [6.07, 6.45) is 12.4. The summed E-state index contributed by atoms with van der Waals surface area (Å²) in [5.74, 6) is 0.417. The van der Waals surface area contributed by atoms with Gasteiger partial charge in [0.15, 0.2) is 0 Å². The number of halogens is 1. The molecule has 2 heterocycles. The summed E-state index contributed by atoms with van der Waals surface area (Å²) in [5.41, 5.74) is 10.6. The highest BCUT2D eigenvalue weighted by Crippen LogP contribution is 2.36. The van der Waals surface area contributed by atoms with Gasteiger partial charge in [-0.25, -0.2) is 14.4 Å². The SMILES string of the molecule is NC1CCCCC1Nc1ncc2cncc(C3=CCc4c(F)cccc43)c2n1. The van der Waals surface area contributed by atoms with Crippen molar-refractivity contribution < 1.29 is 4.39 Å². The third kappa shape index (κ3) is 2.94. The maximum absolute atomic E-state index is 14.2. The van der Waals surface area contributed by atoms with Crippen LogP contribution in [-0.2, 0) is 6.42 Å². The second kappa shape index (κ2) is 6.95. The fourth-order valence-electron chi connectivity index (χ4n) is 4.31. The lowest BCUT2D eigenvalue weighted by molar-refractivity contribution is 0.402. The quantitative estimate of drug-likeness (QED) is 0.727. The number of benzene rings is 1. The fourth-order valence-corrected chi connectivity index (χ4v) is 4.31. The molecule has 5 nitrogen and oxygen atoms in total. The van der Waals surface area contributed by atoms with Crippen LogP contribution in [0, 0.1) is 5.82 Å². The number of nitrogens with two attached hydrogens (primary N) is 1. The molecule has 1 aromatic carbocycles. The lowest BCUT2D eigenvalue weighted by Crippen LogP contribution is -2.42. The van der Waals surface area contributed by atoms with E-state index in [2.05, 4.69) is 21.4 Å². The van der Waals surface area contributed by atoms with Crippen LogP contribution >= 0.6 is 0 Å². The molecule has 142 valence electrons. The molecule has 1 fully saturated rings. The minimum Gasteiger partial charge on any atom is -0.350 e. The van der Waals surface area contributed by atoms with Crippen LogP contribution in [0.25, 0.3) is 16.5 Å². The van der Waals surface area contributed by atoms with Crippen molar-refractivity contribution in [1.82, 2.24) is 15.0 Å². The van der Waals surface area contributed by atoms with Gasteiger partial charge in [0.2, 0.25) is 5.95 Å². The van der Waals surface area contributed by atoms with Gasteiger partial charge in [-0.3, -0.25) is 4.98 Å². The maximum Gasteiger partial charge on any atom is 0.223 e. The molecule has 5 rings (SSSR count). The van der Waals surface area contributed by atoms with Crippen LogP contribution in [0.2, 0.25) is 0 Å². The van der Waals surface area contributed by atoms with Gasteiger partial charge in [0.1, 0.15) is 5.82 Å². The van der Waals surface area contributed by atoms with Crippen LogP contribution < -0.4 is 11.1 Å². The molecular formula is C22H22FN5. The van der Waals surface area contributed by atoms with Crippen LogP contribution in [0.15, 0.2) is 42.9 Å². The number of nitrogens with zero attached hydrogens (tertiary/aromatic N) is 3. The molecule has 3 aromatic rings. The molecule has 1 saturated carbocycles. The summed E-state index contributed by atoms with van der Waals surface area (Å²) in [6.45, 7) is 0. The number of fused-ring (bicyclic) bond motifs is 2. The average Bonchev–Trinajstić information content (AvgIpc) is 3.15. The maximum atomic E-state index is 14.2. The number of rotatable bonds is 3. The molecule has 0 bridgehead atoms. The van der Waals surface area contributed by atoms with Crippen molar-refractivity contribution in [2.75, 3.05) is 5.32 Å². The number of hydrogen-bond acceptors (Lipinski definition) is 5. The number of pyridine rings is 1. The number of allylic oxidation sites excluding steroid dienone is 1. The highest BCUT2D eigenvalue weighted by atomic mass is 19.1. The van der Waals surface area contributed by atoms with E-state index in [1.807, 2.05) is 6.07 Å². The van der Waals surface area contributed by atoms with Crippen LogP contribution in [0.5, 0.6) is 0 Å². The zero-order valence-corrected chi connectivity index (χ0v) is 15.5. The molecule has 0 saturated heterocycles. The summed E-state index contributed by atoms with van der Waals surface area (Å²) in [5, 5.41) is 4.28. The molecule has 28 heavy (non-hydrogen) atoms. The van der Waals surface area contributed by atoms with Crippen LogP contribution in [0.4, 0.5) is 10.3 Å². The highest BCUT2D eigenvalue weighted by Gasteiger charge is 2.24. The Bertz CT molecular complexity index is 1080. The molecule has 2 aliphatic rings. The van der Waals surface area contributed by atoms with E-state index in [-0.39, 0.29) is 17.9 Å². The first-order valence-corrected chi connectivity index (χ1v) is 9.82. The van der Waals surface area contributed by atoms with E-state index in [9.17, 15) is 4.39 Å². The molecule has 2 unspecified atom stereocenters. The normalized spacial score (nSPS) is 21.4. The summed E-state index contributed by atoms with van der Waals surface area (Å²) in [4.78, 5) is 13.6. The van der Waals surface area contributed by atoms with E-state index in [4.69, 9.17) is 10.7 Å². The molecule has 3 N–H and O–H groups in total. The zero-order valence-electron chi connectivity index (χ0n) is 15.5. The Hall–Kier alpha value is -2.86. The molecule has 6 heteroatoms. The molecule has 0 amide bonds. The number of hydrogen-bond donors (Lipinski definition) is 2. The van der Waals surface area contributed by atoms with Crippen molar-refractivity contribution in [3.05, 3.63) is 65.4 Å². The number of nitrogens with one attached hydrogen (secondary N) is 1. The van der Waals surface area contributed by atoms with E-state index in [0.29, 0.717) is 12.4 Å². The monoisotopic (exact) mass is 375 g/mol. The van der Waals surface area contributed by atoms with E-state index in [0.717, 1.165) is 46.0 Å². The zero-order chi connectivity index (χ0) is 19.1. The summed E-state index contributed by atoms with van der Waals surface area (Å²) < 4.78 is 14.2. The number of aromatic nitrogens is 3. The molecule has 2 aliphatic carbocycles. The fraction of sp³-hybridized carbons (Fsp3) is 0.318. The van der Waals surface area contributed by atoms with Crippen molar-refractivity contribution in [2.45, 2.75) is 44.2 Å². The summed E-state index contributed by atoms with van der Waals surface area (Å²) in [7, 11) is 0. The van der Waals surface area contributed by atoms with E-state index in [1.54, 1.807) is 24.7 Å². The van der Waals surface area contributed by atoms with Crippen LogP contribution in [-0.4, -0.2) is 27.0 Å². The average molecular weight is 375 g/mol. The highest BCUT2D eigenvalue weighted by molar-refractivity contribution is 5.96. The lowest BCUT2D eigenvalue weighted by Gasteiger charge is -2.29. The minimum atomic E-state index is -0.166. The second-order valence-corrected chi connectivity index (χ2v) is 7.61. The standard InChI is InChI=1S/C22H22FN5/c23-18-5-3-4-14-15(8-9-16(14)18)17-12-25-10-13-11-26-22(28-21(13)17)27-20-7-2-1-6-19(20)24/h3-5,8,10-12,19-20H,1-2,6-7,9,24H2,(H,26,27,28). The topological polar surface area (TPSA) is 76.7 Å². The van der Waals surface area contributed by atoms with Crippen molar-refractivity contribution in [2.24, 2.45) is 5.73 Å². The Labute approximate surface area is 162 Å². The van der Waals surface area contributed by atoms with Gasteiger partial charge in [0.25, 0.3) is 0 Å². The molecule has 0 aliphatic heterocycles. The second-order valence-electron chi connectivity index (χ2n) is 7.61. The summed E-state index contributed by atoms with van der Waals surface area (Å²) in [6, 6.07) is 5.53. The predicted molar refractivity (Wildman–Crippen MR) is 108 cm³/mol. The van der Waals surface area contributed by atoms with Gasteiger partial charge < -0.3 is 11.1 Å². The lowest BCUT2D eigenvalue weighted by atomic mass is 9.91. The smallest absolute Gasteiger partial charge is 0.223 e. The van der Waals surface area contributed by atoms with Crippen molar-refractivity contribution in [3.8, 4) is 0 Å². The van der Waals surface area contributed by atoms with E-state index in [1.165, 1.54) is 18.9 Å². The van der Waals surface area contributed by atoms with Gasteiger partial charge in [-0.15, -0.1) is 0 Å². The Kier molecular flexibility index (Phi) is 4.28. The summed E-state index contributed by atoms with van der Waals surface area (Å²) >= 11 is 0. The molecule has 0 radical (unpaired) electrons. The van der Waals surface area contributed by atoms with Gasteiger partial charge in [-0.2, -0.15) is 0 Å². The van der Waals surface area contributed by atoms with E-state index >= 15 is 0 Å². The van der Waals surface area contributed by atoms with Crippen LogP contribution in [0.1, 0.15) is 42.4 Å². The van der Waals surface area contributed by atoms with Gasteiger partial charge in [0, 0.05) is 41.6 Å². The Morgan fingerprint density at radius 1 is 1.07 bits per heavy atom. The van der Waals surface area contributed by atoms with Gasteiger partial charge in [-0.1, -0.05) is 31.1 Å². The Morgan fingerprint density at radius 2 is 1.96 bits per heavy atom. The molecular weight excluding hydrogens is 353 g/mol. The van der Waals surface area contributed by atoms with Crippen molar-refractivity contribution >= 4 is 22.4 Å². The van der Waals surface area contributed by atoms with Crippen molar-refractivity contribution in [1.29, 1.82) is 0 Å². The first-order valence-electron chi connectivity index (χ1n) is 9.82. The first-order chi connectivity index (χ1) is 13.7. The predicted octanol–water partition coefficient (Wildman–Crippen LogP) is 3.83. The Balaban J connectivity index is 1.55. The minimum absolute atomic E-state index is 0.123. The van der Waals surface area contributed by atoms with Gasteiger partial charge in [0.05, 0.1) is 5.52 Å². The number of anilines is 1. The van der Waals surface area contributed by atoms with Gasteiger partial charge >= 0.3 is 0 Å². The largest absolute Gasteiger partial charge is 0.350 e. The third-order valence-electron chi connectivity index (χ3n) is 5.83. The van der Waals surface area contributed by atoms with Crippen molar-refractivity contribution in [3.63, 3.8) is 0 Å². The molecule has 2 aromatic heterocycles. The van der Waals surface area contributed by atoms with Gasteiger partial charge in [-0.05, 0) is 42.0 Å². The Morgan fingerprint density at radius 3 is 2.86 bits per heavy atom. The third-order valence-corrected chi connectivity index (χ3v) is 5.83. The first kappa shape index (κ1) is 17.3.